The number of hydrogen-bond acceptors (Lipinski definition) is 7. The quantitative estimate of drug-likeness (QED) is 0.172. The van der Waals surface area contributed by atoms with Crippen molar-refractivity contribution in [3.05, 3.63) is 66.0 Å². The molecule has 11 nitrogen and oxygen atoms in total. The van der Waals surface area contributed by atoms with Crippen LogP contribution in [0.1, 0.15) is 54.7 Å². The molecule has 11 heteroatoms. The van der Waals surface area contributed by atoms with Crippen LogP contribution in [0.2, 0.25) is 0 Å². The molecule has 208 valence electrons. The van der Waals surface area contributed by atoms with E-state index in [0.29, 0.717) is 49.7 Å². The van der Waals surface area contributed by atoms with E-state index in [1.807, 2.05) is 48.5 Å². The summed E-state index contributed by atoms with van der Waals surface area (Å²) in [5, 5.41) is 8.27. The predicted octanol–water partition coefficient (Wildman–Crippen LogP) is 3.22. The van der Waals surface area contributed by atoms with Gasteiger partial charge in [0, 0.05) is 19.5 Å². The number of H-pyrrole nitrogens is 1. The first-order chi connectivity index (χ1) is 19.0. The Morgan fingerprint density at radius 2 is 1.64 bits per heavy atom. The Labute approximate surface area is 227 Å². The van der Waals surface area contributed by atoms with E-state index in [0.717, 1.165) is 12.0 Å². The van der Waals surface area contributed by atoms with Gasteiger partial charge in [0.2, 0.25) is 5.91 Å². The number of amides is 3. The summed E-state index contributed by atoms with van der Waals surface area (Å²) >= 11 is 0. The smallest absolute Gasteiger partial charge is 0.407 e. The van der Waals surface area contributed by atoms with Gasteiger partial charge in [-0.15, -0.1) is 0 Å². The van der Waals surface area contributed by atoms with Crippen LogP contribution < -0.4 is 16.0 Å². The van der Waals surface area contributed by atoms with Crippen LogP contribution in [0.15, 0.2) is 54.6 Å². The lowest BCUT2D eigenvalue weighted by Crippen LogP contribution is -2.47. The molecule has 0 saturated carbocycles. The summed E-state index contributed by atoms with van der Waals surface area (Å²) in [6.45, 7) is 0.831. The lowest BCUT2D eigenvalue weighted by atomic mass is 10.1. The number of nitrogens with one attached hydrogen (secondary N) is 4. The number of para-hydroxylation sites is 2. The maximum absolute atomic E-state index is 12.9. The van der Waals surface area contributed by atoms with Gasteiger partial charge in [0.1, 0.15) is 12.6 Å². The normalized spacial score (nSPS) is 11.4. The third kappa shape index (κ3) is 10.1. The molecule has 0 bridgehead atoms. The molecule has 2 aromatic carbocycles. The highest BCUT2D eigenvalue weighted by atomic mass is 16.5. The first-order valence-corrected chi connectivity index (χ1v) is 13.0. The second kappa shape index (κ2) is 15.8. The molecule has 0 aliphatic heterocycles. The Morgan fingerprint density at radius 3 is 2.41 bits per heavy atom. The van der Waals surface area contributed by atoms with Crippen LogP contribution in [0.4, 0.5) is 4.79 Å². The van der Waals surface area contributed by atoms with E-state index in [-0.39, 0.29) is 30.9 Å². The number of alkyl carbamates (subject to hydrolysis) is 1. The third-order valence-electron chi connectivity index (χ3n) is 5.96. The number of aromatic amines is 1. The predicted molar refractivity (Wildman–Crippen MR) is 145 cm³/mol. The van der Waals surface area contributed by atoms with E-state index >= 15 is 0 Å². The lowest BCUT2D eigenvalue weighted by molar-refractivity contribution is -0.140. The number of imidazole rings is 1. The largest absolute Gasteiger partial charge is 0.469 e. The van der Waals surface area contributed by atoms with Crippen molar-refractivity contribution in [3.8, 4) is 0 Å². The van der Waals surface area contributed by atoms with E-state index in [4.69, 9.17) is 4.74 Å². The molecule has 3 aromatic rings. The zero-order chi connectivity index (χ0) is 27.9. The Kier molecular flexibility index (Phi) is 11.8. The molecule has 0 aliphatic carbocycles. The summed E-state index contributed by atoms with van der Waals surface area (Å²) in [7, 11) is 1.35. The maximum Gasteiger partial charge on any atom is 0.407 e. The number of unbranched alkanes of at least 4 members (excludes halogenated alkanes) is 2. The zero-order valence-corrected chi connectivity index (χ0v) is 22.0. The molecule has 3 rings (SSSR count). The van der Waals surface area contributed by atoms with Gasteiger partial charge < -0.3 is 30.4 Å². The number of carbonyl (C=O) groups is 4. The number of carbonyl (C=O) groups excluding carboxylic acids is 4. The Balaban J connectivity index is 1.48. The minimum atomic E-state index is -0.831. The summed E-state index contributed by atoms with van der Waals surface area (Å²) in [5.74, 6) is -0.983. The topological polar surface area (TPSA) is 152 Å². The van der Waals surface area contributed by atoms with Crippen molar-refractivity contribution < 1.29 is 28.7 Å². The Bertz CT molecular complexity index is 1200. The fourth-order valence-corrected chi connectivity index (χ4v) is 3.83. The van der Waals surface area contributed by atoms with Gasteiger partial charge >= 0.3 is 12.1 Å². The molecule has 1 atom stereocenters. The summed E-state index contributed by atoms with van der Waals surface area (Å²) in [6.07, 6.45) is 2.60. The van der Waals surface area contributed by atoms with Crippen molar-refractivity contribution in [2.75, 3.05) is 20.2 Å². The summed E-state index contributed by atoms with van der Waals surface area (Å²) < 4.78 is 9.82. The van der Waals surface area contributed by atoms with Gasteiger partial charge in [-0.1, -0.05) is 48.9 Å². The number of hydrogen-bond donors (Lipinski definition) is 4. The minimum absolute atomic E-state index is 0.111. The maximum atomic E-state index is 12.9. The molecular formula is C28H35N5O6. The number of aromatic nitrogens is 2. The summed E-state index contributed by atoms with van der Waals surface area (Å²) in [6, 6.07) is 15.8. The highest BCUT2D eigenvalue weighted by molar-refractivity contribution is 5.97. The van der Waals surface area contributed by atoms with E-state index < -0.39 is 18.0 Å². The minimum Gasteiger partial charge on any atom is -0.469 e. The molecule has 39 heavy (non-hydrogen) atoms. The lowest BCUT2D eigenvalue weighted by Gasteiger charge is -2.18. The molecule has 0 aliphatic rings. The number of esters is 1. The monoisotopic (exact) mass is 537 g/mol. The van der Waals surface area contributed by atoms with E-state index in [1.54, 1.807) is 6.07 Å². The fraction of sp³-hybridized carbons (Fsp3) is 0.393. The van der Waals surface area contributed by atoms with Crippen molar-refractivity contribution >= 4 is 34.9 Å². The van der Waals surface area contributed by atoms with Crippen molar-refractivity contribution in [2.24, 2.45) is 0 Å². The highest BCUT2D eigenvalue weighted by Gasteiger charge is 2.22. The molecule has 0 saturated heterocycles. The van der Waals surface area contributed by atoms with Crippen LogP contribution >= 0.6 is 0 Å². The Morgan fingerprint density at radius 1 is 0.897 bits per heavy atom. The van der Waals surface area contributed by atoms with Crippen LogP contribution in [-0.2, 0) is 25.7 Å². The van der Waals surface area contributed by atoms with Crippen molar-refractivity contribution in [1.29, 1.82) is 0 Å². The highest BCUT2D eigenvalue weighted by Crippen LogP contribution is 2.11. The van der Waals surface area contributed by atoms with Crippen LogP contribution in [0.3, 0.4) is 0 Å². The third-order valence-corrected chi connectivity index (χ3v) is 5.96. The molecule has 1 heterocycles. The molecule has 0 fully saturated rings. The van der Waals surface area contributed by atoms with Crippen molar-refractivity contribution in [1.82, 2.24) is 25.9 Å². The SMILES string of the molecule is COC(=O)CCCCCNC(=O)[C@H](CCCNC(=O)OCc1ccccc1)NC(=O)c1nc2ccccc2[nH]1. The number of fused-ring (bicyclic) bond motifs is 1. The second-order valence-corrected chi connectivity index (χ2v) is 8.94. The number of methoxy groups -OCH3 is 1. The number of nitrogens with zero attached hydrogens (tertiary/aromatic N) is 1. The van der Waals surface area contributed by atoms with Gasteiger partial charge in [-0.05, 0) is 43.4 Å². The molecule has 0 unspecified atom stereocenters. The number of rotatable bonds is 15. The van der Waals surface area contributed by atoms with Gasteiger partial charge in [0.05, 0.1) is 18.1 Å². The van der Waals surface area contributed by atoms with Crippen LogP contribution in [0, 0.1) is 0 Å². The Hall–Kier alpha value is -4.41. The van der Waals surface area contributed by atoms with Gasteiger partial charge in [-0.3, -0.25) is 14.4 Å². The van der Waals surface area contributed by atoms with Crippen molar-refractivity contribution in [2.45, 2.75) is 51.2 Å². The van der Waals surface area contributed by atoms with Gasteiger partial charge in [-0.25, -0.2) is 9.78 Å². The number of ether oxygens (including phenoxy) is 2. The molecule has 0 spiro atoms. The van der Waals surface area contributed by atoms with Gasteiger partial charge in [0.15, 0.2) is 5.82 Å². The van der Waals surface area contributed by atoms with E-state index in [9.17, 15) is 19.2 Å². The van der Waals surface area contributed by atoms with E-state index in [2.05, 4.69) is 30.7 Å². The van der Waals surface area contributed by atoms with Crippen LogP contribution in [-0.4, -0.2) is 60.1 Å². The van der Waals surface area contributed by atoms with Crippen molar-refractivity contribution in [3.63, 3.8) is 0 Å². The standard InChI is InChI=1S/C28H35N5O6/c1-38-24(34)16-6-3-9-17-29-26(35)23(33-27(36)25-31-21-13-7-8-14-22(21)32-25)15-10-18-30-28(37)39-19-20-11-4-2-5-12-20/h2,4-5,7-8,11-14,23H,3,6,9-10,15-19H2,1H3,(H,29,35)(H,30,37)(H,31,32)(H,33,36)/t23-/m0/s1. The average molecular weight is 538 g/mol. The fourth-order valence-electron chi connectivity index (χ4n) is 3.83. The summed E-state index contributed by atoms with van der Waals surface area (Å²) in [5.41, 5.74) is 2.24. The molecular weight excluding hydrogens is 502 g/mol. The van der Waals surface area contributed by atoms with E-state index in [1.165, 1.54) is 7.11 Å². The molecule has 3 amide bonds. The van der Waals surface area contributed by atoms with Crippen LogP contribution in [0.5, 0.6) is 0 Å². The first-order valence-electron chi connectivity index (χ1n) is 13.0. The zero-order valence-electron chi connectivity index (χ0n) is 22.0. The molecule has 0 radical (unpaired) electrons. The summed E-state index contributed by atoms with van der Waals surface area (Å²) in [4.78, 5) is 56.3. The van der Waals surface area contributed by atoms with Crippen LogP contribution in [0.25, 0.3) is 11.0 Å². The first kappa shape index (κ1) is 29.2. The van der Waals surface area contributed by atoms with Gasteiger partial charge in [-0.2, -0.15) is 0 Å². The average Bonchev–Trinajstić information content (AvgIpc) is 3.40. The molecule has 1 aromatic heterocycles. The van der Waals surface area contributed by atoms with Gasteiger partial charge in [0.25, 0.3) is 5.91 Å². The number of benzene rings is 2. The second-order valence-electron chi connectivity index (χ2n) is 8.94. The molecule has 4 N–H and O–H groups in total.